The van der Waals surface area contributed by atoms with Crippen LogP contribution in [0, 0.1) is 5.92 Å². The zero-order chi connectivity index (χ0) is 14.8. The van der Waals surface area contributed by atoms with Gasteiger partial charge in [-0.05, 0) is 43.2 Å². The number of para-hydroxylation sites is 1. The summed E-state index contributed by atoms with van der Waals surface area (Å²) >= 11 is 0. The highest BCUT2D eigenvalue weighted by molar-refractivity contribution is 5.96. The molecular formula is C16H20N2O3. The van der Waals surface area contributed by atoms with Crippen molar-refractivity contribution in [2.75, 3.05) is 18.0 Å². The molecule has 3 rings (SSSR count). The van der Waals surface area contributed by atoms with Crippen LogP contribution in [0.1, 0.15) is 24.8 Å². The minimum absolute atomic E-state index is 0.0472. The Hall–Kier alpha value is -1.88. The lowest BCUT2D eigenvalue weighted by Gasteiger charge is -2.30. The molecule has 21 heavy (non-hydrogen) atoms. The Morgan fingerprint density at radius 2 is 2.10 bits per heavy atom. The number of rotatable bonds is 5. The quantitative estimate of drug-likeness (QED) is 0.859. The van der Waals surface area contributed by atoms with Gasteiger partial charge < -0.3 is 10.0 Å². The van der Waals surface area contributed by atoms with Gasteiger partial charge in [-0.25, -0.2) is 0 Å². The maximum atomic E-state index is 12.4. The highest BCUT2D eigenvalue weighted by Gasteiger charge is 2.36. The standard InChI is InChI=1S/C16H20N2O3/c19-14(10-17-15(16(20)21)12-7-8-12)18-9-3-5-11-4-1-2-6-13(11)18/h1-2,4,6,12,15,17H,3,5,7-10H2,(H,20,21). The largest absolute Gasteiger partial charge is 0.480 e. The van der Waals surface area contributed by atoms with Crippen molar-refractivity contribution in [3.8, 4) is 0 Å². The second-order valence-electron chi connectivity index (χ2n) is 5.81. The topological polar surface area (TPSA) is 69.6 Å². The number of carbonyl (C=O) groups is 2. The van der Waals surface area contributed by atoms with Crippen LogP contribution in [-0.2, 0) is 16.0 Å². The van der Waals surface area contributed by atoms with E-state index in [0.29, 0.717) is 6.54 Å². The minimum atomic E-state index is -0.857. The summed E-state index contributed by atoms with van der Waals surface area (Å²) in [5.74, 6) is -0.720. The van der Waals surface area contributed by atoms with Crippen molar-refractivity contribution in [2.45, 2.75) is 31.7 Å². The lowest BCUT2D eigenvalue weighted by atomic mass is 10.0. The number of aliphatic carboxylic acids is 1. The van der Waals surface area contributed by atoms with E-state index in [0.717, 1.165) is 31.4 Å². The number of nitrogens with one attached hydrogen (secondary N) is 1. The van der Waals surface area contributed by atoms with Gasteiger partial charge in [-0.1, -0.05) is 18.2 Å². The van der Waals surface area contributed by atoms with Crippen molar-refractivity contribution < 1.29 is 14.7 Å². The highest BCUT2D eigenvalue weighted by atomic mass is 16.4. The number of carboxylic acid groups (broad SMARTS) is 1. The summed E-state index contributed by atoms with van der Waals surface area (Å²) < 4.78 is 0. The van der Waals surface area contributed by atoms with Gasteiger partial charge in [0.25, 0.3) is 0 Å². The van der Waals surface area contributed by atoms with Gasteiger partial charge >= 0.3 is 5.97 Å². The first-order valence-corrected chi connectivity index (χ1v) is 7.51. The summed E-state index contributed by atoms with van der Waals surface area (Å²) in [6.45, 7) is 0.792. The minimum Gasteiger partial charge on any atom is -0.480 e. The molecule has 5 heteroatoms. The molecule has 1 aromatic carbocycles. The molecule has 1 fully saturated rings. The van der Waals surface area contributed by atoms with Gasteiger partial charge in [0.05, 0.1) is 6.54 Å². The predicted octanol–water partition coefficient (Wildman–Crippen LogP) is 1.42. The molecule has 1 saturated carbocycles. The van der Waals surface area contributed by atoms with E-state index in [1.807, 2.05) is 24.3 Å². The lowest BCUT2D eigenvalue weighted by molar-refractivity contribution is -0.140. The molecule has 5 nitrogen and oxygen atoms in total. The average molecular weight is 288 g/mol. The fraction of sp³-hybridized carbons (Fsp3) is 0.500. The van der Waals surface area contributed by atoms with Crippen LogP contribution in [0.5, 0.6) is 0 Å². The van der Waals surface area contributed by atoms with E-state index in [-0.39, 0.29) is 18.4 Å². The van der Waals surface area contributed by atoms with Crippen molar-refractivity contribution in [3.05, 3.63) is 29.8 Å². The van der Waals surface area contributed by atoms with Crippen LogP contribution in [0.2, 0.25) is 0 Å². The van der Waals surface area contributed by atoms with E-state index >= 15 is 0 Å². The Balaban J connectivity index is 1.65. The number of anilines is 1. The molecular weight excluding hydrogens is 268 g/mol. The van der Waals surface area contributed by atoms with E-state index < -0.39 is 12.0 Å². The Kier molecular flexibility index (Phi) is 3.92. The number of nitrogens with zero attached hydrogens (tertiary/aromatic N) is 1. The normalized spacial score (nSPS) is 19.0. The van der Waals surface area contributed by atoms with E-state index in [4.69, 9.17) is 0 Å². The number of hydrogen-bond acceptors (Lipinski definition) is 3. The van der Waals surface area contributed by atoms with E-state index in [1.54, 1.807) is 4.90 Å². The summed E-state index contributed by atoms with van der Waals surface area (Å²) in [4.78, 5) is 25.4. The molecule has 1 aliphatic carbocycles. The molecule has 0 saturated heterocycles. The van der Waals surface area contributed by atoms with Crippen LogP contribution in [-0.4, -0.2) is 36.1 Å². The molecule has 1 unspecified atom stereocenters. The second-order valence-corrected chi connectivity index (χ2v) is 5.81. The summed E-state index contributed by atoms with van der Waals surface area (Å²) in [5, 5.41) is 12.1. The van der Waals surface area contributed by atoms with E-state index in [1.165, 1.54) is 5.56 Å². The molecule has 0 bridgehead atoms. The number of benzene rings is 1. The zero-order valence-electron chi connectivity index (χ0n) is 11.9. The third-order valence-electron chi connectivity index (χ3n) is 4.24. The molecule has 112 valence electrons. The molecule has 0 aromatic heterocycles. The summed E-state index contributed by atoms with van der Waals surface area (Å²) in [6, 6.07) is 7.34. The van der Waals surface area contributed by atoms with Gasteiger partial charge in [0, 0.05) is 12.2 Å². The maximum absolute atomic E-state index is 12.4. The van der Waals surface area contributed by atoms with Gasteiger partial charge in [0.15, 0.2) is 0 Å². The average Bonchev–Trinajstić information content (AvgIpc) is 3.31. The number of amides is 1. The number of carbonyl (C=O) groups excluding carboxylic acids is 1. The van der Waals surface area contributed by atoms with Crippen molar-refractivity contribution in [2.24, 2.45) is 5.92 Å². The molecule has 0 spiro atoms. The Morgan fingerprint density at radius 1 is 1.33 bits per heavy atom. The van der Waals surface area contributed by atoms with Crippen LogP contribution >= 0.6 is 0 Å². The van der Waals surface area contributed by atoms with Gasteiger partial charge in [0.2, 0.25) is 5.91 Å². The third kappa shape index (κ3) is 3.08. The molecule has 1 atom stereocenters. The number of hydrogen-bond donors (Lipinski definition) is 2. The predicted molar refractivity (Wildman–Crippen MR) is 79.3 cm³/mol. The van der Waals surface area contributed by atoms with Gasteiger partial charge in [0.1, 0.15) is 6.04 Å². The molecule has 1 aromatic rings. The fourth-order valence-corrected chi connectivity index (χ4v) is 2.97. The van der Waals surface area contributed by atoms with Crippen LogP contribution in [0.3, 0.4) is 0 Å². The Morgan fingerprint density at radius 3 is 2.81 bits per heavy atom. The van der Waals surface area contributed by atoms with Crippen molar-refractivity contribution >= 4 is 17.6 Å². The van der Waals surface area contributed by atoms with E-state index in [9.17, 15) is 14.7 Å². The van der Waals surface area contributed by atoms with Crippen molar-refractivity contribution in [1.82, 2.24) is 5.32 Å². The third-order valence-corrected chi connectivity index (χ3v) is 4.24. The van der Waals surface area contributed by atoms with Gasteiger partial charge in [-0.15, -0.1) is 0 Å². The lowest BCUT2D eigenvalue weighted by Crippen LogP contribution is -2.47. The molecule has 0 radical (unpaired) electrons. The number of aryl methyl sites for hydroxylation is 1. The smallest absolute Gasteiger partial charge is 0.320 e. The Labute approximate surface area is 123 Å². The molecule has 1 heterocycles. The maximum Gasteiger partial charge on any atom is 0.320 e. The van der Waals surface area contributed by atoms with Crippen LogP contribution in [0.15, 0.2) is 24.3 Å². The monoisotopic (exact) mass is 288 g/mol. The second kappa shape index (κ2) is 5.85. The van der Waals surface area contributed by atoms with Crippen LogP contribution < -0.4 is 10.2 Å². The fourth-order valence-electron chi connectivity index (χ4n) is 2.97. The van der Waals surface area contributed by atoms with Gasteiger partial charge in [-0.2, -0.15) is 0 Å². The molecule has 2 aliphatic rings. The first kappa shape index (κ1) is 14.1. The number of carboxylic acids is 1. The molecule has 1 amide bonds. The first-order valence-electron chi connectivity index (χ1n) is 7.51. The Bertz CT molecular complexity index is 554. The summed E-state index contributed by atoms with van der Waals surface area (Å²) in [7, 11) is 0. The summed E-state index contributed by atoms with van der Waals surface area (Å²) in [5.41, 5.74) is 2.16. The SMILES string of the molecule is O=C(O)C(NCC(=O)N1CCCc2ccccc21)C1CC1. The highest BCUT2D eigenvalue weighted by Crippen LogP contribution is 2.32. The number of fused-ring (bicyclic) bond motifs is 1. The molecule has 1 aliphatic heterocycles. The van der Waals surface area contributed by atoms with Gasteiger partial charge in [-0.3, -0.25) is 14.9 Å². The zero-order valence-corrected chi connectivity index (χ0v) is 11.9. The summed E-state index contributed by atoms with van der Waals surface area (Å²) in [6.07, 6.45) is 3.82. The van der Waals surface area contributed by atoms with Crippen LogP contribution in [0.25, 0.3) is 0 Å². The van der Waals surface area contributed by atoms with Crippen molar-refractivity contribution in [3.63, 3.8) is 0 Å². The molecule has 2 N–H and O–H groups in total. The van der Waals surface area contributed by atoms with Crippen molar-refractivity contribution in [1.29, 1.82) is 0 Å². The van der Waals surface area contributed by atoms with Crippen LogP contribution in [0.4, 0.5) is 5.69 Å². The first-order chi connectivity index (χ1) is 10.2. The van der Waals surface area contributed by atoms with E-state index in [2.05, 4.69) is 5.32 Å².